The first-order valence-corrected chi connectivity index (χ1v) is 6.66. The van der Waals surface area contributed by atoms with Crippen LogP contribution in [0.15, 0.2) is 30.3 Å². The number of nitriles is 1. The molecule has 0 spiro atoms. The molecule has 0 fully saturated rings. The van der Waals surface area contributed by atoms with Gasteiger partial charge in [0.1, 0.15) is 6.54 Å². The van der Waals surface area contributed by atoms with Crippen LogP contribution >= 0.6 is 0 Å². The lowest BCUT2D eigenvalue weighted by Gasteiger charge is -2.04. The van der Waals surface area contributed by atoms with Gasteiger partial charge in [-0.1, -0.05) is 24.3 Å². The van der Waals surface area contributed by atoms with Crippen molar-refractivity contribution < 1.29 is 14.3 Å². The maximum atomic E-state index is 11.9. The summed E-state index contributed by atoms with van der Waals surface area (Å²) in [4.78, 5) is 22.8. The number of allylic oxidation sites excluding steroid dienone is 1. The zero-order valence-corrected chi connectivity index (χ0v) is 12.0. The zero-order chi connectivity index (χ0) is 15.5. The molecule has 1 rings (SSSR count). The molecule has 110 valence electrons. The second-order valence-corrected chi connectivity index (χ2v) is 4.34. The number of hydrogen-bond donors (Lipinski definition) is 1. The molecule has 1 aromatic rings. The Kier molecular flexibility index (Phi) is 7.30. The van der Waals surface area contributed by atoms with Crippen LogP contribution in [0, 0.1) is 11.3 Å². The first-order valence-electron chi connectivity index (χ1n) is 6.66. The quantitative estimate of drug-likeness (QED) is 0.616. The maximum Gasteiger partial charge on any atom is 0.325 e. The van der Waals surface area contributed by atoms with Crippen LogP contribution in [0.3, 0.4) is 0 Å². The lowest BCUT2D eigenvalue weighted by molar-refractivity contribution is -0.139. The first-order chi connectivity index (χ1) is 10.2. The van der Waals surface area contributed by atoms with Crippen molar-refractivity contribution in [3.63, 3.8) is 0 Å². The van der Waals surface area contributed by atoms with Gasteiger partial charge in [0.15, 0.2) is 0 Å². The molecule has 0 aromatic heterocycles. The molecule has 0 saturated heterocycles. The third-order valence-corrected chi connectivity index (χ3v) is 2.74. The number of rotatable bonds is 7. The van der Waals surface area contributed by atoms with Crippen molar-refractivity contribution in [1.29, 1.82) is 5.26 Å². The van der Waals surface area contributed by atoms with Crippen molar-refractivity contribution >= 4 is 18.0 Å². The van der Waals surface area contributed by atoms with Crippen LogP contribution < -0.4 is 5.32 Å². The zero-order valence-electron chi connectivity index (χ0n) is 12.0. The third kappa shape index (κ3) is 6.39. The summed E-state index contributed by atoms with van der Waals surface area (Å²) < 4.78 is 4.46. The van der Waals surface area contributed by atoms with Crippen molar-refractivity contribution in [3.05, 3.63) is 41.5 Å². The Morgan fingerprint density at radius 2 is 2.24 bits per heavy atom. The molecule has 5 nitrogen and oxygen atoms in total. The summed E-state index contributed by atoms with van der Waals surface area (Å²) in [5.41, 5.74) is 1.38. The van der Waals surface area contributed by atoms with Crippen molar-refractivity contribution in [3.8, 4) is 6.07 Å². The molecule has 0 unspecified atom stereocenters. The average Bonchev–Trinajstić information content (AvgIpc) is 2.52. The van der Waals surface area contributed by atoms with Crippen molar-refractivity contribution in [2.24, 2.45) is 0 Å². The molecular formula is C16H18N2O3. The molecule has 1 amide bonds. The number of hydrogen-bond acceptors (Lipinski definition) is 4. The second-order valence-electron chi connectivity index (χ2n) is 4.34. The largest absolute Gasteiger partial charge is 0.468 e. The molecule has 0 aliphatic carbocycles. The van der Waals surface area contributed by atoms with Gasteiger partial charge in [0.2, 0.25) is 0 Å². The van der Waals surface area contributed by atoms with Gasteiger partial charge in [-0.05, 0) is 30.5 Å². The number of carbonyl (C=O) groups excluding carboxylic acids is 2. The highest BCUT2D eigenvalue weighted by atomic mass is 16.5. The minimum Gasteiger partial charge on any atom is -0.468 e. The Morgan fingerprint density at radius 1 is 1.43 bits per heavy atom. The summed E-state index contributed by atoms with van der Waals surface area (Å²) in [6.45, 7) is -0.149. The summed E-state index contributed by atoms with van der Waals surface area (Å²) in [5, 5.41) is 10.9. The number of nitrogens with one attached hydrogen (secondary N) is 1. The Morgan fingerprint density at radius 3 is 2.95 bits per heavy atom. The average molecular weight is 286 g/mol. The Balaban J connectivity index is 2.57. The van der Waals surface area contributed by atoms with Gasteiger partial charge in [-0.2, -0.15) is 5.26 Å². The second kappa shape index (κ2) is 9.32. The summed E-state index contributed by atoms with van der Waals surface area (Å²) in [6, 6.07) is 9.18. The highest BCUT2D eigenvalue weighted by molar-refractivity contribution is 5.96. The number of esters is 1. The van der Waals surface area contributed by atoms with Gasteiger partial charge in [0, 0.05) is 12.0 Å². The number of methoxy groups -OCH3 is 1. The molecular weight excluding hydrogens is 268 g/mol. The highest BCUT2D eigenvalue weighted by Crippen LogP contribution is 2.08. The van der Waals surface area contributed by atoms with Crippen molar-refractivity contribution in [2.75, 3.05) is 13.7 Å². The van der Waals surface area contributed by atoms with Crippen LogP contribution in [0.5, 0.6) is 0 Å². The van der Waals surface area contributed by atoms with E-state index in [0.29, 0.717) is 12.0 Å². The predicted octanol–water partition coefficient (Wildman–Crippen LogP) is 2.30. The van der Waals surface area contributed by atoms with E-state index in [2.05, 4.69) is 16.1 Å². The first kappa shape index (κ1) is 16.4. The van der Waals surface area contributed by atoms with Crippen LogP contribution in [-0.2, 0) is 9.53 Å². The molecule has 0 heterocycles. The van der Waals surface area contributed by atoms with Crippen LogP contribution in [-0.4, -0.2) is 25.5 Å². The molecule has 5 heteroatoms. The summed E-state index contributed by atoms with van der Waals surface area (Å²) in [5.74, 6) is -0.808. The summed E-state index contributed by atoms with van der Waals surface area (Å²) >= 11 is 0. The van der Waals surface area contributed by atoms with Gasteiger partial charge in [0.05, 0.1) is 13.2 Å². The molecule has 0 radical (unpaired) electrons. The Hall–Kier alpha value is -2.61. The predicted molar refractivity (Wildman–Crippen MR) is 79.3 cm³/mol. The topological polar surface area (TPSA) is 79.2 Å². The van der Waals surface area contributed by atoms with Crippen LogP contribution in [0.4, 0.5) is 0 Å². The van der Waals surface area contributed by atoms with E-state index < -0.39 is 5.97 Å². The Bertz CT molecular complexity index is 559. The van der Waals surface area contributed by atoms with E-state index >= 15 is 0 Å². The number of amides is 1. The van der Waals surface area contributed by atoms with Crippen molar-refractivity contribution in [1.82, 2.24) is 5.32 Å². The smallest absolute Gasteiger partial charge is 0.325 e. The SMILES string of the molecule is COC(=O)CNC(=O)c1cccc(/C=C\CCCC#N)c1. The molecule has 0 atom stereocenters. The maximum absolute atomic E-state index is 11.9. The standard InChI is InChI=1S/C16H18N2O3/c1-21-15(19)12-18-16(20)14-9-6-8-13(11-14)7-4-2-3-5-10-17/h4,6-9,11H,2-3,5,12H2,1H3,(H,18,20)/b7-4-. The summed E-state index contributed by atoms with van der Waals surface area (Å²) in [7, 11) is 1.27. The lowest BCUT2D eigenvalue weighted by atomic mass is 10.1. The number of ether oxygens (including phenoxy) is 1. The van der Waals surface area contributed by atoms with E-state index in [-0.39, 0.29) is 12.5 Å². The van der Waals surface area contributed by atoms with Gasteiger partial charge in [0.25, 0.3) is 5.91 Å². The molecule has 0 bridgehead atoms. The monoisotopic (exact) mass is 286 g/mol. The number of carbonyl (C=O) groups is 2. The number of nitrogens with zero attached hydrogens (tertiary/aromatic N) is 1. The van der Waals surface area contributed by atoms with E-state index in [1.165, 1.54) is 7.11 Å². The number of unbranched alkanes of at least 4 members (excludes halogenated alkanes) is 2. The minimum absolute atomic E-state index is 0.149. The molecule has 21 heavy (non-hydrogen) atoms. The van der Waals surface area contributed by atoms with Gasteiger partial charge in [-0.15, -0.1) is 0 Å². The van der Waals surface area contributed by atoms with Gasteiger partial charge >= 0.3 is 5.97 Å². The fraction of sp³-hybridized carbons (Fsp3) is 0.312. The fourth-order valence-corrected chi connectivity index (χ4v) is 1.63. The highest BCUT2D eigenvalue weighted by Gasteiger charge is 2.07. The normalized spacial score (nSPS) is 10.1. The third-order valence-electron chi connectivity index (χ3n) is 2.74. The van der Waals surface area contributed by atoms with E-state index in [1.54, 1.807) is 18.2 Å². The van der Waals surface area contributed by atoms with Crippen LogP contribution in [0.2, 0.25) is 0 Å². The number of benzene rings is 1. The molecule has 0 aliphatic rings. The van der Waals surface area contributed by atoms with Crippen molar-refractivity contribution in [2.45, 2.75) is 19.3 Å². The fourth-order valence-electron chi connectivity index (χ4n) is 1.63. The minimum atomic E-state index is -0.489. The Labute approximate surface area is 124 Å². The molecule has 1 N–H and O–H groups in total. The molecule has 1 aromatic carbocycles. The van der Waals surface area contributed by atoms with Gasteiger partial charge in [-0.3, -0.25) is 9.59 Å². The van der Waals surface area contributed by atoms with Crippen LogP contribution in [0.25, 0.3) is 6.08 Å². The van der Waals surface area contributed by atoms with Gasteiger partial charge < -0.3 is 10.1 Å². The van der Waals surface area contributed by atoms with E-state index in [4.69, 9.17) is 5.26 Å². The van der Waals surface area contributed by atoms with Gasteiger partial charge in [-0.25, -0.2) is 0 Å². The lowest BCUT2D eigenvalue weighted by Crippen LogP contribution is -2.30. The van der Waals surface area contributed by atoms with E-state index in [1.807, 2.05) is 18.2 Å². The van der Waals surface area contributed by atoms with E-state index in [0.717, 1.165) is 18.4 Å². The molecule has 0 saturated carbocycles. The van der Waals surface area contributed by atoms with E-state index in [9.17, 15) is 9.59 Å². The summed E-state index contributed by atoms with van der Waals surface area (Å²) in [6.07, 6.45) is 6.08. The van der Waals surface area contributed by atoms with Crippen LogP contribution in [0.1, 0.15) is 35.2 Å². The molecule has 0 aliphatic heterocycles.